The summed E-state index contributed by atoms with van der Waals surface area (Å²) in [6, 6.07) is 21.0. The van der Waals surface area contributed by atoms with Crippen molar-refractivity contribution in [2.24, 2.45) is 23.7 Å². The molecule has 0 aromatic heterocycles. The number of benzene rings is 2. The van der Waals surface area contributed by atoms with Crippen molar-refractivity contribution in [3.05, 3.63) is 71.8 Å². The number of ether oxygens (including phenoxy) is 1. The van der Waals surface area contributed by atoms with Gasteiger partial charge in [0.1, 0.15) is 0 Å². The lowest BCUT2D eigenvalue weighted by molar-refractivity contribution is -0.487. The van der Waals surface area contributed by atoms with Gasteiger partial charge in [0.25, 0.3) is 0 Å². The summed E-state index contributed by atoms with van der Waals surface area (Å²) in [4.78, 5) is 13.0. The van der Waals surface area contributed by atoms with E-state index in [0.717, 1.165) is 29.4 Å². The Hall–Kier alpha value is -1.68. The number of hydrogen-bond acceptors (Lipinski definition) is 3. The lowest BCUT2D eigenvalue weighted by atomic mass is 9.53. The number of hydrogen-bond donors (Lipinski definition) is 0. The highest BCUT2D eigenvalue weighted by molar-refractivity contribution is 5.36. The average Bonchev–Trinajstić information content (AvgIpc) is 2.95. The number of rotatable bonds is 2. The van der Waals surface area contributed by atoms with Gasteiger partial charge in [-0.1, -0.05) is 60.7 Å². The van der Waals surface area contributed by atoms with Crippen molar-refractivity contribution in [3.8, 4) is 0 Å². The van der Waals surface area contributed by atoms with Crippen LogP contribution in [0.4, 0.5) is 0 Å². The van der Waals surface area contributed by atoms with Gasteiger partial charge in [-0.3, -0.25) is 0 Å². The zero-order valence-electron chi connectivity index (χ0n) is 16.3. The van der Waals surface area contributed by atoms with Crippen LogP contribution in [0.1, 0.15) is 49.7 Å². The first-order chi connectivity index (χ1) is 13.8. The third-order valence-electron chi connectivity index (χ3n) is 7.85. The minimum Gasteiger partial charge on any atom is -0.347 e. The van der Waals surface area contributed by atoms with Gasteiger partial charge >= 0.3 is 0 Å². The Bertz CT molecular complexity index is 764. The monoisotopic (exact) mass is 376 g/mol. The van der Waals surface area contributed by atoms with Crippen LogP contribution in [0.15, 0.2) is 60.7 Å². The van der Waals surface area contributed by atoms with Crippen molar-refractivity contribution in [1.82, 2.24) is 0 Å². The second-order valence-corrected chi connectivity index (χ2v) is 9.35. The van der Waals surface area contributed by atoms with E-state index in [1.807, 2.05) is 0 Å². The molecule has 3 heteroatoms. The summed E-state index contributed by atoms with van der Waals surface area (Å²) in [5, 5.41) is 0. The lowest BCUT2D eigenvalue weighted by Gasteiger charge is -2.58. The fraction of sp³-hybridized carbons (Fsp3) is 0.520. The molecule has 28 heavy (non-hydrogen) atoms. The molecule has 0 N–H and O–H groups in total. The van der Waals surface area contributed by atoms with Gasteiger partial charge in [0.2, 0.25) is 5.79 Å². The van der Waals surface area contributed by atoms with Gasteiger partial charge in [-0.05, 0) is 55.1 Å². The Morgan fingerprint density at radius 3 is 1.71 bits per heavy atom. The third kappa shape index (κ3) is 2.46. The molecule has 0 atom stereocenters. The molecule has 0 radical (unpaired) electrons. The van der Waals surface area contributed by atoms with Gasteiger partial charge in [0.15, 0.2) is 5.60 Å². The summed E-state index contributed by atoms with van der Waals surface area (Å²) >= 11 is 0. The first-order valence-corrected chi connectivity index (χ1v) is 10.9. The van der Waals surface area contributed by atoms with Crippen molar-refractivity contribution in [1.29, 1.82) is 0 Å². The van der Waals surface area contributed by atoms with Crippen LogP contribution in [-0.2, 0) is 20.1 Å². The molecule has 4 saturated carbocycles. The zero-order valence-corrected chi connectivity index (χ0v) is 16.3. The predicted octanol–water partition coefficient (Wildman–Crippen LogP) is 5.45. The van der Waals surface area contributed by atoms with E-state index in [2.05, 4.69) is 60.7 Å². The van der Waals surface area contributed by atoms with Crippen molar-refractivity contribution in [2.75, 3.05) is 6.61 Å². The van der Waals surface area contributed by atoms with Gasteiger partial charge in [-0.15, -0.1) is 0 Å². The van der Waals surface area contributed by atoms with Gasteiger partial charge in [0.05, 0.1) is 6.61 Å². The van der Waals surface area contributed by atoms with Crippen molar-refractivity contribution >= 4 is 0 Å². The molecule has 0 amide bonds. The van der Waals surface area contributed by atoms with E-state index in [0.29, 0.717) is 18.4 Å². The molecule has 4 aliphatic carbocycles. The molecular formula is C25H28O3. The van der Waals surface area contributed by atoms with E-state index >= 15 is 0 Å². The van der Waals surface area contributed by atoms with Gasteiger partial charge in [-0.2, -0.15) is 4.89 Å². The van der Waals surface area contributed by atoms with Crippen molar-refractivity contribution in [2.45, 2.75) is 49.9 Å². The lowest BCUT2D eigenvalue weighted by Crippen LogP contribution is -2.60. The van der Waals surface area contributed by atoms with Crippen LogP contribution in [-0.4, -0.2) is 12.4 Å². The van der Waals surface area contributed by atoms with Crippen molar-refractivity contribution < 1.29 is 14.5 Å². The first-order valence-electron chi connectivity index (χ1n) is 10.9. The second kappa shape index (κ2) is 6.41. The van der Waals surface area contributed by atoms with Crippen LogP contribution >= 0.6 is 0 Å². The van der Waals surface area contributed by atoms with E-state index in [1.165, 1.54) is 32.1 Å². The fourth-order valence-electron chi connectivity index (χ4n) is 6.74. The third-order valence-corrected chi connectivity index (χ3v) is 7.85. The van der Waals surface area contributed by atoms with Gasteiger partial charge in [0, 0.05) is 18.3 Å². The maximum Gasteiger partial charge on any atom is 0.207 e. The largest absolute Gasteiger partial charge is 0.347 e. The molecule has 1 heterocycles. The summed E-state index contributed by atoms with van der Waals surface area (Å²) < 4.78 is 6.62. The second-order valence-electron chi connectivity index (χ2n) is 9.35. The molecule has 1 aliphatic heterocycles. The molecule has 3 nitrogen and oxygen atoms in total. The van der Waals surface area contributed by atoms with Crippen LogP contribution in [0.5, 0.6) is 0 Å². The zero-order chi connectivity index (χ0) is 18.6. The first kappa shape index (κ1) is 17.2. The van der Waals surface area contributed by atoms with E-state index in [9.17, 15) is 0 Å². The Morgan fingerprint density at radius 2 is 1.18 bits per heavy atom. The maximum atomic E-state index is 6.62. The predicted molar refractivity (Wildman–Crippen MR) is 106 cm³/mol. The molecule has 1 saturated heterocycles. The highest BCUT2D eigenvalue weighted by Gasteiger charge is 2.62. The molecule has 5 aliphatic rings. The normalized spacial score (nSPS) is 38.4. The summed E-state index contributed by atoms with van der Waals surface area (Å²) in [5.74, 6) is 2.16. The molecule has 2 aromatic carbocycles. The van der Waals surface area contributed by atoms with Crippen molar-refractivity contribution in [3.63, 3.8) is 0 Å². The molecule has 5 fully saturated rings. The summed E-state index contributed by atoms with van der Waals surface area (Å²) in [6.45, 7) is 0.659. The standard InChI is InChI=1S/C25H28O3/c1-3-7-20(8-4-1)24(21-9-5-2-6-10-21)11-12-26-25(28-27-24)22-14-18-13-19(16-22)17-23(25)15-18/h1-10,18-19,22-23H,11-17H2. The fourth-order valence-corrected chi connectivity index (χ4v) is 6.74. The molecule has 7 rings (SSSR count). The SMILES string of the molecule is c1ccc(C2(c3ccccc3)CCOC3(OO2)C2CC4CC(C2)CC3C4)cc1. The highest BCUT2D eigenvalue weighted by atomic mass is 17.2. The molecule has 146 valence electrons. The van der Waals surface area contributed by atoms with E-state index in [4.69, 9.17) is 14.5 Å². The van der Waals surface area contributed by atoms with E-state index in [-0.39, 0.29) is 0 Å². The van der Waals surface area contributed by atoms with Crippen LogP contribution in [0.3, 0.4) is 0 Å². The quantitative estimate of drug-likeness (QED) is 0.652. The molecule has 2 aromatic rings. The van der Waals surface area contributed by atoms with Crippen LogP contribution < -0.4 is 0 Å². The highest BCUT2D eigenvalue weighted by Crippen LogP contribution is 2.61. The Labute approximate surface area is 166 Å². The van der Waals surface area contributed by atoms with E-state index in [1.54, 1.807) is 0 Å². The summed E-state index contributed by atoms with van der Waals surface area (Å²) in [6.07, 6.45) is 7.12. The Balaban J connectivity index is 1.39. The average molecular weight is 376 g/mol. The molecule has 1 spiro atoms. The van der Waals surface area contributed by atoms with E-state index < -0.39 is 11.4 Å². The smallest absolute Gasteiger partial charge is 0.207 e. The summed E-state index contributed by atoms with van der Waals surface area (Å²) in [7, 11) is 0. The summed E-state index contributed by atoms with van der Waals surface area (Å²) in [5.41, 5.74) is 1.64. The van der Waals surface area contributed by atoms with Crippen LogP contribution in [0.25, 0.3) is 0 Å². The molecule has 0 unspecified atom stereocenters. The van der Waals surface area contributed by atoms with Gasteiger partial charge in [-0.25, -0.2) is 4.89 Å². The molecule has 4 bridgehead atoms. The van der Waals surface area contributed by atoms with Crippen LogP contribution in [0.2, 0.25) is 0 Å². The molecular weight excluding hydrogens is 348 g/mol. The topological polar surface area (TPSA) is 27.7 Å². The van der Waals surface area contributed by atoms with Crippen LogP contribution in [0, 0.1) is 23.7 Å². The minimum atomic E-state index is -0.624. The maximum absolute atomic E-state index is 6.62. The van der Waals surface area contributed by atoms with Gasteiger partial charge < -0.3 is 4.74 Å². The Kier molecular flexibility index (Phi) is 3.94. The Morgan fingerprint density at radius 1 is 0.643 bits per heavy atom. The minimum absolute atomic E-state index is 0.478.